The predicted octanol–water partition coefficient (Wildman–Crippen LogP) is 1.92. The fraction of sp³-hybridized carbons (Fsp3) is 0.440. The predicted molar refractivity (Wildman–Crippen MR) is 136 cm³/mol. The van der Waals surface area contributed by atoms with Gasteiger partial charge in [0.1, 0.15) is 5.21 Å². The molecule has 1 amide bonds. The van der Waals surface area contributed by atoms with Crippen LogP contribution in [0, 0.1) is 5.92 Å². The van der Waals surface area contributed by atoms with Crippen LogP contribution in [0.3, 0.4) is 0 Å². The van der Waals surface area contributed by atoms with Gasteiger partial charge in [0.25, 0.3) is 5.91 Å². The van der Waals surface area contributed by atoms with Crippen molar-refractivity contribution in [1.82, 2.24) is 4.90 Å². The van der Waals surface area contributed by atoms with Crippen molar-refractivity contribution in [2.45, 2.75) is 24.9 Å². The number of ether oxygens (including phenoxy) is 1. The number of hydrogen-bond donors (Lipinski definition) is 2. The summed E-state index contributed by atoms with van der Waals surface area (Å²) in [5.41, 5.74) is 14.7. The molecule has 2 aromatic rings. The number of carbonyl (C=O) groups is 2. The maximum absolute atomic E-state index is 13.2. The summed E-state index contributed by atoms with van der Waals surface area (Å²) in [6, 6.07) is 14.7. The molecule has 35 heavy (non-hydrogen) atoms. The molecular weight excluding hydrogens is 490 g/mol. The molecule has 1 saturated heterocycles. The van der Waals surface area contributed by atoms with Crippen molar-refractivity contribution in [2.24, 2.45) is 17.4 Å². The van der Waals surface area contributed by atoms with Crippen LogP contribution in [0.25, 0.3) is 0 Å². The Labute approximate surface area is 211 Å². The van der Waals surface area contributed by atoms with E-state index in [0.717, 1.165) is 11.1 Å². The van der Waals surface area contributed by atoms with Gasteiger partial charge in [-0.15, -0.1) is 11.6 Å². The molecule has 0 radical (unpaired) electrons. The Kier molecular flexibility index (Phi) is 9.82. The normalized spacial score (nSPS) is 16.9. The van der Waals surface area contributed by atoms with E-state index in [0.29, 0.717) is 31.9 Å². The first-order chi connectivity index (χ1) is 16.7. The first kappa shape index (κ1) is 27.3. The van der Waals surface area contributed by atoms with E-state index in [1.807, 2.05) is 30.3 Å². The molecule has 4 N–H and O–H groups in total. The summed E-state index contributed by atoms with van der Waals surface area (Å²) < 4.78 is 29.8. The van der Waals surface area contributed by atoms with Crippen molar-refractivity contribution in [2.75, 3.05) is 37.3 Å². The van der Waals surface area contributed by atoms with E-state index >= 15 is 0 Å². The molecule has 3 atom stereocenters. The highest BCUT2D eigenvalue weighted by atomic mass is 35.5. The number of nitrogens with zero attached hydrogens (tertiary/aromatic N) is 1. The van der Waals surface area contributed by atoms with E-state index in [1.54, 1.807) is 29.2 Å². The van der Waals surface area contributed by atoms with Crippen molar-refractivity contribution in [3.8, 4) is 0 Å². The number of halogens is 1. The molecule has 0 bridgehead atoms. The molecule has 10 heteroatoms. The van der Waals surface area contributed by atoms with Crippen LogP contribution in [-0.4, -0.2) is 68.3 Å². The van der Waals surface area contributed by atoms with Gasteiger partial charge < -0.3 is 21.1 Å². The molecule has 1 aliphatic heterocycles. The van der Waals surface area contributed by atoms with Crippen LogP contribution in [0.5, 0.6) is 0 Å². The third kappa shape index (κ3) is 7.85. The lowest BCUT2D eigenvalue weighted by atomic mass is 9.88. The number of benzene rings is 2. The summed E-state index contributed by atoms with van der Waals surface area (Å²) in [6.07, 6.45) is 0.350. The fourth-order valence-electron chi connectivity index (χ4n) is 4.15. The maximum atomic E-state index is 13.2. The Morgan fingerprint density at radius 1 is 1.00 bits per heavy atom. The zero-order valence-electron chi connectivity index (χ0n) is 19.5. The number of morpholine rings is 1. The lowest BCUT2D eigenvalue weighted by Gasteiger charge is -2.27. The SMILES string of the molecule is NC(CC(CS(=O)(=O)CCl)C(=O)[C@@H](N)Cc1ccc(C(=O)N2CCOCC2)cc1)c1ccccc1. The summed E-state index contributed by atoms with van der Waals surface area (Å²) in [5, 5.41) is -0.578. The molecule has 0 saturated carbocycles. The second-order valence-electron chi connectivity index (χ2n) is 8.78. The second-order valence-corrected chi connectivity index (χ2v) is 11.5. The van der Waals surface area contributed by atoms with Crippen LogP contribution in [0.15, 0.2) is 54.6 Å². The minimum atomic E-state index is -3.64. The number of carbonyl (C=O) groups excluding carboxylic acids is 2. The summed E-state index contributed by atoms with van der Waals surface area (Å²) in [7, 11) is -3.64. The third-order valence-corrected chi connectivity index (χ3v) is 8.35. The topological polar surface area (TPSA) is 133 Å². The van der Waals surface area contributed by atoms with Crippen molar-refractivity contribution in [1.29, 1.82) is 0 Å². The summed E-state index contributed by atoms with van der Waals surface area (Å²) in [6.45, 7) is 2.15. The van der Waals surface area contributed by atoms with Crippen LogP contribution < -0.4 is 11.5 Å². The zero-order valence-corrected chi connectivity index (χ0v) is 21.1. The Bertz CT molecular complexity index is 1090. The monoisotopic (exact) mass is 521 g/mol. The number of Topliss-reactive ketones (excluding diaryl/α,β-unsaturated/α-hetero) is 1. The molecule has 0 spiro atoms. The highest BCUT2D eigenvalue weighted by Crippen LogP contribution is 2.23. The molecule has 0 aromatic heterocycles. The highest BCUT2D eigenvalue weighted by molar-refractivity contribution is 7.92. The van der Waals surface area contributed by atoms with E-state index in [-0.39, 0.29) is 24.5 Å². The van der Waals surface area contributed by atoms with Gasteiger partial charge in [-0.05, 0) is 36.1 Å². The van der Waals surface area contributed by atoms with Gasteiger partial charge in [-0.3, -0.25) is 9.59 Å². The van der Waals surface area contributed by atoms with Crippen molar-refractivity contribution >= 4 is 33.1 Å². The molecule has 8 nitrogen and oxygen atoms in total. The lowest BCUT2D eigenvalue weighted by molar-refractivity contribution is -0.123. The van der Waals surface area contributed by atoms with E-state index < -0.39 is 38.8 Å². The molecule has 3 rings (SSSR count). The Morgan fingerprint density at radius 3 is 2.23 bits per heavy atom. The minimum absolute atomic E-state index is 0.0681. The maximum Gasteiger partial charge on any atom is 0.254 e. The summed E-state index contributed by atoms with van der Waals surface area (Å²) in [4.78, 5) is 27.6. The largest absolute Gasteiger partial charge is 0.378 e. The van der Waals surface area contributed by atoms with E-state index in [9.17, 15) is 18.0 Å². The van der Waals surface area contributed by atoms with Crippen molar-refractivity contribution in [3.05, 3.63) is 71.3 Å². The van der Waals surface area contributed by atoms with Crippen molar-refractivity contribution in [3.63, 3.8) is 0 Å². The van der Waals surface area contributed by atoms with Gasteiger partial charge in [-0.1, -0.05) is 42.5 Å². The van der Waals surface area contributed by atoms with Gasteiger partial charge in [0, 0.05) is 30.6 Å². The van der Waals surface area contributed by atoms with Gasteiger partial charge >= 0.3 is 0 Å². The molecule has 1 heterocycles. The number of nitrogens with two attached hydrogens (primary N) is 2. The number of rotatable bonds is 11. The quantitative estimate of drug-likeness (QED) is 0.431. The van der Waals surface area contributed by atoms with Crippen molar-refractivity contribution < 1.29 is 22.7 Å². The van der Waals surface area contributed by atoms with Gasteiger partial charge in [0.05, 0.1) is 25.0 Å². The van der Waals surface area contributed by atoms with Crippen LogP contribution in [0.1, 0.15) is 33.9 Å². The molecular formula is C25H32ClN3O5S. The van der Waals surface area contributed by atoms with E-state index in [2.05, 4.69) is 0 Å². The first-order valence-electron chi connectivity index (χ1n) is 11.5. The molecule has 2 unspecified atom stereocenters. The van der Waals surface area contributed by atoms with Gasteiger partial charge in [0.15, 0.2) is 15.6 Å². The van der Waals surface area contributed by atoms with Crippen LogP contribution in [-0.2, 0) is 25.8 Å². The lowest BCUT2D eigenvalue weighted by Crippen LogP contribution is -2.41. The fourth-order valence-corrected chi connectivity index (χ4v) is 5.42. The minimum Gasteiger partial charge on any atom is -0.378 e. The Balaban J connectivity index is 1.68. The molecule has 0 aliphatic carbocycles. The molecule has 190 valence electrons. The summed E-state index contributed by atoms with van der Waals surface area (Å²) >= 11 is 5.60. The number of ketones is 1. The number of amides is 1. The highest BCUT2D eigenvalue weighted by Gasteiger charge is 2.31. The van der Waals surface area contributed by atoms with Crippen LogP contribution in [0.2, 0.25) is 0 Å². The molecule has 1 fully saturated rings. The van der Waals surface area contributed by atoms with Crippen LogP contribution >= 0.6 is 11.6 Å². The van der Waals surface area contributed by atoms with E-state index in [1.165, 1.54) is 0 Å². The Hall–Kier alpha value is -2.30. The molecule has 2 aromatic carbocycles. The Morgan fingerprint density at radius 2 is 1.63 bits per heavy atom. The van der Waals surface area contributed by atoms with Crippen LogP contribution in [0.4, 0.5) is 0 Å². The average molecular weight is 522 g/mol. The molecule has 1 aliphatic rings. The number of sulfone groups is 1. The summed E-state index contributed by atoms with van der Waals surface area (Å²) in [5.74, 6) is -1.73. The first-order valence-corrected chi connectivity index (χ1v) is 13.9. The number of alkyl halides is 1. The standard InChI is InChI=1S/C25H32ClN3O5S/c26-17-35(32,33)16-21(15-22(27)19-4-2-1-3-5-19)24(30)23(28)14-18-6-8-20(9-7-18)25(31)29-10-12-34-13-11-29/h1-9,21-23H,10-17,27-28H2/t21?,22?,23-/m0/s1. The zero-order chi connectivity index (χ0) is 25.4. The van der Waals surface area contributed by atoms with E-state index in [4.69, 9.17) is 27.8 Å². The third-order valence-electron chi connectivity index (χ3n) is 6.11. The average Bonchev–Trinajstić information content (AvgIpc) is 2.88. The second kappa shape index (κ2) is 12.6. The van der Waals surface area contributed by atoms with Gasteiger partial charge in [0.2, 0.25) is 0 Å². The van der Waals surface area contributed by atoms with Gasteiger partial charge in [-0.25, -0.2) is 8.42 Å². The van der Waals surface area contributed by atoms with Gasteiger partial charge in [-0.2, -0.15) is 0 Å². The smallest absolute Gasteiger partial charge is 0.254 e. The number of hydrogen-bond acceptors (Lipinski definition) is 7.